The van der Waals surface area contributed by atoms with E-state index in [0.717, 1.165) is 28.7 Å². The Labute approximate surface area is 117 Å². The standard InChI is InChI=1S/C17H15N3/c18-16-14-6-1-2-7-15(14)19-17(20-16)13-9-8-11-4-3-5-12(11)10-13/h1-2,6-10H,3-5H2,(H2,18,19,20). The number of anilines is 1. The summed E-state index contributed by atoms with van der Waals surface area (Å²) in [4.78, 5) is 9.10. The molecule has 1 aliphatic rings. The van der Waals surface area contributed by atoms with Crippen molar-refractivity contribution in [1.29, 1.82) is 0 Å². The monoisotopic (exact) mass is 261 g/mol. The number of nitrogens with two attached hydrogens (primary N) is 1. The molecule has 0 amide bonds. The van der Waals surface area contributed by atoms with Crippen LogP contribution in [0.2, 0.25) is 0 Å². The molecule has 3 heteroatoms. The lowest BCUT2D eigenvalue weighted by atomic mass is 10.1. The molecule has 1 aromatic heterocycles. The van der Waals surface area contributed by atoms with Gasteiger partial charge >= 0.3 is 0 Å². The molecule has 1 aliphatic carbocycles. The van der Waals surface area contributed by atoms with Gasteiger partial charge in [-0.15, -0.1) is 0 Å². The average molecular weight is 261 g/mol. The summed E-state index contributed by atoms with van der Waals surface area (Å²) < 4.78 is 0. The van der Waals surface area contributed by atoms with Crippen LogP contribution < -0.4 is 5.73 Å². The number of hydrogen-bond acceptors (Lipinski definition) is 3. The van der Waals surface area contributed by atoms with Crippen molar-refractivity contribution < 1.29 is 0 Å². The van der Waals surface area contributed by atoms with Gasteiger partial charge in [0, 0.05) is 10.9 Å². The number of rotatable bonds is 1. The molecule has 0 aliphatic heterocycles. The van der Waals surface area contributed by atoms with Crippen molar-refractivity contribution >= 4 is 16.7 Å². The number of para-hydroxylation sites is 1. The van der Waals surface area contributed by atoms with E-state index in [2.05, 4.69) is 28.2 Å². The number of hydrogen-bond donors (Lipinski definition) is 1. The predicted octanol–water partition coefficient (Wildman–Crippen LogP) is 3.37. The zero-order valence-electron chi connectivity index (χ0n) is 11.1. The third-order valence-electron chi connectivity index (χ3n) is 3.99. The minimum absolute atomic E-state index is 0.547. The van der Waals surface area contributed by atoms with Crippen LogP contribution in [-0.4, -0.2) is 9.97 Å². The smallest absolute Gasteiger partial charge is 0.162 e. The lowest BCUT2D eigenvalue weighted by molar-refractivity contribution is 0.912. The molecule has 4 rings (SSSR count). The highest BCUT2D eigenvalue weighted by Gasteiger charge is 2.13. The molecule has 0 spiro atoms. The lowest BCUT2D eigenvalue weighted by Crippen LogP contribution is -1.98. The molecule has 2 N–H and O–H groups in total. The SMILES string of the molecule is Nc1nc(-c2ccc3c(c2)CCC3)nc2ccccc12. The van der Waals surface area contributed by atoms with Crippen molar-refractivity contribution in [3.8, 4) is 11.4 Å². The molecule has 1 heterocycles. The predicted molar refractivity (Wildman–Crippen MR) is 81.4 cm³/mol. The molecule has 0 atom stereocenters. The van der Waals surface area contributed by atoms with Crippen LogP contribution in [0.5, 0.6) is 0 Å². The Morgan fingerprint density at radius 1 is 0.900 bits per heavy atom. The van der Waals surface area contributed by atoms with Crippen molar-refractivity contribution in [3.05, 3.63) is 53.6 Å². The maximum absolute atomic E-state index is 6.06. The summed E-state index contributed by atoms with van der Waals surface area (Å²) in [6, 6.07) is 14.4. The molecular weight excluding hydrogens is 246 g/mol. The molecular formula is C17H15N3. The van der Waals surface area contributed by atoms with Crippen molar-refractivity contribution in [2.75, 3.05) is 5.73 Å². The van der Waals surface area contributed by atoms with Crippen molar-refractivity contribution in [3.63, 3.8) is 0 Å². The zero-order valence-corrected chi connectivity index (χ0v) is 11.1. The van der Waals surface area contributed by atoms with Gasteiger partial charge in [0.05, 0.1) is 5.52 Å². The van der Waals surface area contributed by atoms with Crippen LogP contribution in [0.15, 0.2) is 42.5 Å². The second-order valence-electron chi connectivity index (χ2n) is 5.29. The molecule has 3 nitrogen and oxygen atoms in total. The molecule has 20 heavy (non-hydrogen) atoms. The summed E-state index contributed by atoms with van der Waals surface area (Å²) in [5, 5.41) is 0.914. The molecule has 98 valence electrons. The maximum atomic E-state index is 6.06. The second-order valence-corrected chi connectivity index (χ2v) is 5.29. The minimum atomic E-state index is 0.547. The first kappa shape index (κ1) is 11.4. The van der Waals surface area contributed by atoms with Crippen LogP contribution in [0.4, 0.5) is 5.82 Å². The number of nitrogens with zero attached hydrogens (tertiary/aromatic N) is 2. The largest absolute Gasteiger partial charge is 0.383 e. The van der Waals surface area contributed by atoms with Gasteiger partial charge in [-0.25, -0.2) is 9.97 Å². The van der Waals surface area contributed by atoms with E-state index in [1.807, 2.05) is 24.3 Å². The summed E-state index contributed by atoms with van der Waals surface area (Å²) in [6.45, 7) is 0. The fourth-order valence-corrected chi connectivity index (χ4v) is 2.94. The maximum Gasteiger partial charge on any atom is 0.162 e. The van der Waals surface area contributed by atoms with E-state index in [1.54, 1.807) is 0 Å². The highest BCUT2D eigenvalue weighted by atomic mass is 14.9. The first-order valence-electron chi connectivity index (χ1n) is 6.96. The summed E-state index contributed by atoms with van der Waals surface area (Å²) in [6.07, 6.45) is 3.60. The van der Waals surface area contributed by atoms with Gasteiger partial charge in [0.1, 0.15) is 5.82 Å². The van der Waals surface area contributed by atoms with Gasteiger partial charge in [0.2, 0.25) is 0 Å². The molecule has 0 saturated heterocycles. The Morgan fingerprint density at radius 3 is 2.70 bits per heavy atom. The molecule has 0 bridgehead atoms. The van der Waals surface area contributed by atoms with E-state index in [4.69, 9.17) is 5.73 Å². The number of nitrogen functional groups attached to an aromatic ring is 1. The average Bonchev–Trinajstić information content (AvgIpc) is 2.94. The minimum Gasteiger partial charge on any atom is -0.383 e. The van der Waals surface area contributed by atoms with Gasteiger partial charge in [-0.3, -0.25) is 0 Å². The molecule has 0 radical (unpaired) electrons. The van der Waals surface area contributed by atoms with E-state index in [0.29, 0.717) is 5.82 Å². The van der Waals surface area contributed by atoms with Crippen LogP contribution >= 0.6 is 0 Å². The van der Waals surface area contributed by atoms with Gasteiger partial charge in [0.25, 0.3) is 0 Å². The Balaban J connectivity index is 1.90. The number of benzene rings is 2. The second kappa shape index (κ2) is 4.30. The van der Waals surface area contributed by atoms with E-state index >= 15 is 0 Å². The van der Waals surface area contributed by atoms with Crippen LogP contribution in [0, 0.1) is 0 Å². The van der Waals surface area contributed by atoms with Gasteiger partial charge < -0.3 is 5.73 Å². The summed E-state index contributed by atoms with van der Waals surface area (Å²) >= 11 is 0. The van der Waals surface area contributed by atoms with Gasteiger partial charge in [-0.05, 0) is 48.6 Å². The fourth-order valence-electron chi connectivity index (χ4n) is 2.94. The van der Waals surface area contributed by atoms with Crippen molar-refractivity contribution in [1.82, 2.24) is 9.97 Å². The quantitative estimate of drug-likeness (QED) is 0.730. The van der Waals surface area contributed by atoms with E-state index < -0.39 is 0 Å². The number of aromatic nitrogens is 2. The van der Waals surface area contributed by atoms with E-state index in [1.165, 1.54) is 24.0 Å². The Hall–Kier alpha value is -2.42. The first-order chi connectivity index (χ1) is 9.81. The van der Waals surface area contributed by atoms with Gasteiger partial charge in [0.15, 0.2) is 5.82 Å². The summed E-state index contributed by atoms with van der Waals surface area (Å²) in [7, 11) is 0. The van der Waals surface area contributed by atoms with Crippen molar-refractivity contribution in [2.24, 2.45) is 0 Å². The molecule has 3 aromatic rings. The zero-order chi connectivity index (χ0) is 13.5. The molecule has 0 unspecified atom stereocenters. The fraction of sp³-hybridized carbons (Fsp3) is 0.176. The van der Waals surface area contributed by atoms with Crippen LogP contribution in [-0.2, 0) is 12.8 Å². The number of aryl methyl sites for hydroxylation is 2. The Morgan fingerprint density at radius 2 is 1.75 bits per heavy atom. The van der Waals surface area contributed by atoms with Crippen molar-refractivity contribution in [2.45, 2.75) is 19.3 Å². The van der Waals surface area contributed by atoms with E-state index in [9.17, 15) is 0 Å². The topological polar surface area (TPSA) is 51.8 Å². The van der Waals surface area contributed by atoms with Crippen LogP contribution in [0.1, 0.15) is 17.5 Å². The third kappa shape index (κ3) is 1.74. The van der Waals surface area contributed by atoms with E-state index in [-0.39, 0.29) is 0 Å². The molecule has 0 fully saturated rings. The third-order valence-corrected chi connectivity index (χ3v) is 3.99. The highest BCUT2D eigenvalue weighted by Crippen LogP contribution is 2.28. The summed E-state index contributed by atoms with van der Waals surface area (Å²) in [5.41, 5.74) is 10.9. The molecule has 2 aromatic carbocycles. The van der Waals surface area contributed by atoms with Crippen LogP contribution in [0.25, 0.3) is 22.3 Å². The first-order valence-corrected chi connectivity index (χ1v) is 6.96. The molecule has 0 saturated carbocycles. The normalized spacial score (nSPS) is 13.6. The highest BCUT2D eigenvalue weighted by molar-refractivity contribution is 5.89. The lowest BCUT2D eigenvalue weighted by Gasteiger charge is -2.07. The summed E-state index contributed by atoms with van der Waals surface area (Å²) in [5.74, 6) is 1.27. The Bertz CT molecular complexity index is 808. The Kier molecular flexibility index (Phi) is 2.46. The van der Waals surface area contributed by atoms with Gasteiger partial charge in [-0.2, -0.15) is 0 Å². The van der Waals surface area contributed by atoms with Crippen LogP contribution in [0.3, 0.4) is 0 Å². The van der Waals surface area contributed by atoms with Gasteiger partial charge in [-0.1, -0.05) is 24.3 Å². The number of fused-ring (bicyclic) bond motifs is 2.